The zero-order valence-electron chi connectivity index (χ0n) is 21.7. The monoisotopic (exact) mass is 538 g/mol. The standard InChI is InChI=1S/C27H34N6O4S/c1-3-24(34)33-14-21(15-33)31-6-4-19(5-7-31)20-12-18(2)25-23(13-20)30-26-22(16-37-25)27(29-17-28-26)32-8-10-38(35,36)11-9-32/h3,12-13,17,19,21H,1,4-11,14-16H2,2H3,(H,28,29,30). The summed E-state index contributed by atoms with van der Waals surface area (Å²) in [5, 5.41) is 3.51. The first-order chi connectivity index (χ1) is 18.3. The van der Waals surface area contributed by atoms with Crippen molar-refractivity contribution in [3.05, 3.63) is 47.8 Å². The van der Waals surface area contributed by atoms with Crippen LogP contribution in [0.1, 0.15) is 35.4 Å². The number of rotatable bonds is 4. The van der Waals surface area contributed by atoms with E-state index in [4.69, 9.17) is 4.74 Å². The molecule has 0 bridgehead atoms. The Labute approximate surface area is 223 Å². The van der Waals surface area contributed by atoms with Crippen LogP contribution in [0, 0.1) is 6.92 Å². The second-order valence-corrected chi connectivity index (χ2v) is 13.0. The van der Waals surface area contributed by atoms with Crippen LogP contribution in [0.25, 0.3) is 0 Å². The molecule has 38 heavy (non-hydrogen) atoms. The molecule has 1 amide bonds. The van der Waals surface area contributed by atoms with Crippen LogP contribution in [0.2, 0.25) is 0 Å². The molecular formula is C27H34N6O4S. The highest BCUT2D eigenvalue weighted by atomic mass is 32.2. The number of ether oxygens (including phenoxy) is 1. The van der Waals surface area contributed by atoms with Crippen LogP contribution in [0.4, 0.5) is 17.3 Å². The van der Waals surface area contributed by atoms with Gasteiger partial charge in [0.05, 0.1) is 22.8 Å². The Balaban J connectivity index is 1.16. The van der Waals surface area contributed by atoms with Crippen LogP contribution in [-0.4, -0.2) is 90.9 Å². The van der Waals surface area contributed by atoms with Gasteiger partial charge in [0.25, 0.3) is 0 Å². The molecule has 0 saturated carbocycles. The van der Waals surface area contributed by atoms with Crippen molar-refractivity contribution in [2.45, 2.75) is 38.3 Å². The molecule has 2 aromatic rings. The number of hydrogen-bond acceptors (Lipinski definition) is 9. The van der Waals surface area contributed by atoms with Gasteiger partial charge in [0.1, 0.15) is 30.3 Å². The number of carbonyl (C=O) groups excluding carboxylic acids is 1. The molecule has 0 radical (unpaired) electrons. The Morgan fingerprint density at radius 1 is 1.13 bits per heavy atom. The van der Waals surface area contributed by atoms with E-state index in [1.54, 1.807) is 0 Å². The Hall–Kier alpha value is -3.18. The van der Waals surface area contributed by atoms with Gasteiger partial charge in [-0.3, -0.25) is 9.69 Å². The third-order valence-electron chi connectivity index (χ3n) is 8.34. The highest BCUT2D eigenvalue weighted by molar-refractivity contribution is 7.91. The topological polar surface area (TPSA) is 108 Å². The van der Waals surface area contributed by atoms with Crippen molar-refractivity contribution in [1.82, 2.24) is 19.8 Å². The number of sulfone groups is 1. The summed E-state index contributed by atoms with van der Waals surface area (Å²) in [4.78, 5) is 27.2. The van der Waals surface area contributed by atoms with E-state index in [2.05, 4.69) is 45.8 Å². The second kappa shape index (κ2) is 9.85. The van der Waals surface area contributed by atoms with Crippen molar-refractivity contribution < 1.29 is 17.9 Å². The van der Waals surface area contributed by atoms with Crippen LogP contribution in [-0.2, 0) is 21.2 Å². The maximum atomic E-state index is 11.9. The summed E-state index contributed by atoms with van der Waals surface area (Å²) in [6.07, 6.45) is 5.08. The first kappa shape index (κ1) is 25.1. The number of nitrogens with one attached hydrogen (secondary N) is 1. The van der Waals surface area contributed by atoms with Gasteiger partial charge in [0.15, 0.2) is 9.84 Å². The lowest BCUT2D eigenvalue weighted by Gasteiger charge is -2.47. The minimum Gasteiger partial charge on any atom is -0.486 e. The number of carbonyl (C=O) groups is 1. The van der Waals surface area contributed by atoms with Crippen molar-refractivity contribution in [3.8, 4) is 5.75 Å². The van der Waals surface area contributed by atoms with Gasteiger partial charge in [-0.2, -0.15) is 0 Å². The van der Waals surface area contributed by atoms with E-state index in [1.165, 1.54) is 18.0 Å². The van der Waals surface area contributed by atoms with Crippen molar-refractivity contribution in [2.24, 2.45) is 0 Å². The number of aromatic nitrogens is 2. The number of benzene rings is 1. The zero-order valence-corrected chi connectivity index (χ0v) is 22.5. The maximum absolute atomic E-state index is 11.9. The van der Waals surface area contributed by atoms with Gasteiger partial charge in [-0.05, 0) is 62.0 Å². The second-order valence-electron chi connectivity index (χ2n) is 10.7. The summed E-state index contributed by atoms with van der Waals surface area (Å²) in [7, 11) is -2.98. The van der Waals surface area contributed by atoms with Crippen LogP contribution < -0.4 is 15.0 Å². The van der Waals surface area contributed by atoms with Crippen LogP contribution in [0.15, 0.2) is 31.1 Å². The molecule has 1 aromatic heterocycles. The van der Waals surface area contributed by atoms with E-state index >= 15 is 0 Å². The number of likely N-dealkylation sites (tertiary alicyclic amines) is 2. The average Bonchev–Trinajstić information content (AvgIpc) is 3.08. The van der Waals surface area contributed by atoms with E-state index in [0.717, 1.165) is 67.4 Å². The molecule has 11 heteroatoms. The van der Waals surface area contributed by atoms with Gasteiger partial charge in [-0.15, -0.1) is 0 Å². The predicted molar refractivity (Wildman–Crippen MR) is 146 cm³/mol. The summed E-state index contributed by atoms with van der Waals surface area (Å²) in [6.45, 7) is 10.5. The lowest BCUT2D eigenvalue weighted by molar-refractivity contribution is -0.133. The molecule has 10 nitrogen and oxygen atoms in total. The molecule has 0 spiro atoms. The summed E-state index contributed by atoms with van der Waals surface area (Å²) in [6, 6.07) is 4.89. The molecule has 4 aliphatic heterocycles. The fourth-order valence-electron chi connectivity index (χ4n) is 6.03. The number of anilines is 3. The summed E-state index contributed by atoms with van der Waals surface area (Å²) < 4.78 is 30.1. The molecule has 6 rings (SSSR count). The summed E-state index contributed by atoms with van der Waals surface area (Å²) >= 11 is 0. The maximum Gasteiger partial charge on any atom is 0.246 e. The zero-order chi connectivity index (χ0) is 26.4. The minimum atomic E-state index is -2.98. The van der Waals surface area contributed by atoms with E-state index in [-0.39, 0.29) is 17.4 Å². The van der Waals surface area contributed by atoms with Crippen molar-refractivity contribution in [1.29, 1.82) is 0 Å². The van der Waals surface area contributed by atoms with Gasteiger partial charge in [-0.1, -0.05) is 12.6 Å². The van der Waals surface area contributed by atoms with Gasteiger partial charge in [-0.25, -0.2) is 18.4 Å². The molecule has 0 atom stereocenters. The SMILES string of the molecule is C=CC(=O)N1CC(N2CCC(c3cc(C)c4c(c3)Nc3ncnc(N5CCS(=O)(=O)CC5)c3CO4)CC2)C1. The van der Waals surface area contributed by atoms with Gasteiger partial charge < -0.3 is 19.9 Å². The molecule has 1 N–H and O–H groups in total. The van der Waals surface area contributed by atoms with Gasteiger partial charge >= 0.3 is 0 Å². The molecule has 0 unspecified atom stereocenters. The number of amides is 1. The quantitative estimate of drug-likeness (QED) is 0.587. The normalized spacial score (nSPS) is 21.8. The highest BCUT2D eigenvalue weighted by Gasteiger charge is 2.36. The Kier molecular flexibility index (Phi) is 6.51. The third-order valence-corrected chi connectivity index (χ3v) is 9.95. The molecule has 1 aromatic carbocycles. The van der Waals surface area contributed by atoms with E-state index in [9.17, 15) is 13.2 Å². The number of fused-ring (bicyclic) bond motifs is 2. The summed E-state index contributed by atoms with van der Waals surface area (Å²) in [5.74, 6) is 3.01. The lowest BCUT2D eigenvalue weighted by Crippen LogP contribution is -2.61. The molecular weight excluding hydrogens is 504 g/mol. The van der Waals surface area contributed by atoms with Crippen molar-refractivity contribution >= 4 is 33.1 Å². The Bertz CT molecular complexity index is 1350. The van der Waals surface area contributed by atoms with Crippen LogP contribution in [0.3, 0.4) is 0 Å². The number of hydrogen-bond donors (Lipinski definition) is 1. The minimum absolute atomic E-state index is 0.0224. The van der Waals surface area contributed by atoms with E-state index in [0.29, 0.717) is 37.5 Å². The molecule has 5 heterocycles. The third kappa shape index (κ3) is 4.73. The lowest BCUT2D eigenvalue weighted by atomic mass is 9.87. The fraction of sp³-hybridized carbons (Fsp3) is 0.519. The first-order valence-electron chi connectivity index (χ1n) is 13.3. The molecule has 0 aliphatic carbocycles. The largest absolute Gasteiger partial charge is 0.486 e. The van der Waals surface area contributed by atoms with Crippen LogP contribution in [0.5, 0.6) is 5.75 Å². The van der Waals surface area contributed by atoms with Gasteiger partial charge in [0.2, 0.25) is 5.91 Å². The van der Waals surface area contributed by atoms with Crippen molar-refractivity contribution in [3.63, 3.8) is 0 Å². The van der Waals surface area contributed by atoms with E-state index in [1.807, 2.05) is 9.80 Å². The first-order valence-corrected chi connectivity index (χ1v) is 15.1. The summed E-state index contributed by atoms with van der Waals surface area (Å²) in [5.41, 5.74) is 4.13. The highest BCUT2D eigenvalue weighted by Crippen LogP contribution is 2.41. The smallest absolute Gasteiger partial charge is 0.246 e. The molecule has 3 saturated heterocycles. The fourth-order valence-corrected chi connectivity index (χ4v) is 7.23. The Morgan fingerprint density at radius 3 is 2.58 bits per heavy atom. The van der Waals surface area contributed by atoms with Crippen molar-refractivity contribution in [2.75, 3.05) is 61.0 Å². The Morgan fingerprint density at radius 2 is 1.87 bits per heavy atom. The number of piperidine rings is 1. The van der Waals surface area contributed by atoms with Gasteiger partial charge in [0, 0.05) is 32.2 Å². The number of aryl methyl sites for hydroxylation is 1. The molecule has 202 valence electrons. The predicted octanol–water partition coefficient (Wildman–Crippen LogP) is 2.23. The number of nitrogens with zero attached hydrogens (tertiary/aromatic N) is 5. The molecule has 4 aliphatic rings. The molecule has 3 fully saturated rings. The average molecular weight is 539 g/mol. The van der Waals surface area contributed by atoms with E-state index < -0.39 is 9.84 Å². The van der Waals surface area contributed by atoms with Crippen LogP contribution >= 0.6 is 0 Å².